The van der Waals surface area contributed by atoms with Crippen molar-refractivity contribution in [2.24, 2.45) is 0 Å². The number of rotatable bonds is 53. The molecule has 0 aliphatic heterocycles. The van der Waals surface area contributed by atoms with Gasteiger partial charge in [0, 0.05) is 12.8 Å². The van der Waals surface area contributed by atoms with Crippen LogP contribution >= 0.6 is 0 Å². The lowest BCUT2D eigenvalue weighted by atomic mass is 10.0. The van der Waals surface area contributed by atoms with E-state index < -0.39 is 12.1 Å². The number of amides is 1. The zero-order chi connectivity index (χ0) is 46.5. The number of nitrogens with one attached hydrogen (secondary N) is 1. The van der Waals surface area contributed by atoms with Crippen LogP contribution in [-0.2, 0) is 14.3 Å². The first-order chi connectivity index (χ1) is 31.5. The van der Waals surface area contributed by atoms with Crippen molar-refractivity contribution in [3.8, 4) is 0 Å². The molecule has 378 valence electrons. The Morgan fingerprint density at radius 2 is 0.750 bits per heavy atom. The molecule has 0 rings (SSSR count). The fourth-order valence-electron chi connectivity index (χ4n) is 8.81. The molecule has 3 N–H and O–H groups in total. The monoisotopic (exact) mass is 902 g/mol. The summed E-state index contributed by atoms with van der Waals surface area (Å²) in [6, 6.07) is -0.665. The summed E-state index contributed by atoms with van der Waals surface area (Å²) in [6.07, 6.45) is 64.9. The van der Waals surface area contributed by atoms with E-state index in [2.05, 4.69) is 31.3 Å². The van der Waals surface area contributed by atoms with Crippen molar-refractivity contribution in [1.82, 2.24) is 5.32 Å². The quantitative estimate of drug-likeness (QED) is 0.0321. The van der Waals surface area contributed by atoms with Crippen molar-refractivity contribution in [2.75, 3.05) is 13.2 Å². The first kappa shape index (κ1) is 62.3. The van der Waals surface area contributed by atoms with Gasteiger partial charge in [-0.1, -0.05) is 269 Å². The summed E-state index contributed by atoms with van der Waals surface area (Å²) >= 11 is 0. The molecule has 0 radical (unpaired) electrons. The summed E-state index contributed by atoms with van der Waals surface area (Å²) in [5.41, 5.74) is 0. The fourth-order valence-corrected chi connectivity index (χ4v) is 8.81. The Bertz CT molecular complexity index is 997. The Balaban J connectivity index is 3.54. The van der Waals surface area contributed by atoms with E-state index in [4.69, 9.17) is 4.74 Å². The molecule has 64 heavy (non-hydrogen) atoms. The molecule has 0 heterocycles. The predicted molar refractivity (Wildman–Crippen MR) is 278 cm³/mol. The molecule has 0 aromatic carbocycles. The third-order valence-corrected chi connectivity index (χ3v) is 13.2. The summed E-state index contributed by atoms with van der Waals surface area (Å²) in [4.78, 5) is 24.5. The molecule has 0 saturated carbocycles. The molecule has 0 fully saturated rings. The zero-order valence-electron chi connectivity index (χ0n) is 43.0. The van der Waals surface area contributed by atoms with E-state index in [1.807, 2.05) is 6.08 Å². The Labute approximate surface area is 399 Å². The summed E-state index contributed by atoms with van der Waals surface area (Å²) in [7, 11) is 0. The van der Waals surface area contributed by atoms with Crippen LogP contribution in [0, 0.1) is 0 Å². The highest BCUT2D eigenvalue weighted by atomic mass is 16.5. The molecule has 2 unspecified atom stereocenters. The fraction of sp³-hybridized carbons (Fsp3) is 0.897. The van der Waals surface area contributed by atoms with Crippen LogP contribution in [0.15, 0.2) is 24.3 Å². The number of allylic oxidation sites excluding steroid dienone is 3. The van der Waals surface area contributed by atoms with Gasteiger partial charge in [-0.15, -0.1) is 0 Å². The van der Waals surface area contributed by atoms with Crippen molar-refractivity contribution in [3.05, 3.63) is 24.3 Å². The van der Waals surface area contributed by atoms with Gasteiger partial charge in [-0.25, -0.2) is 0 Å². The van der Waals surface area contributed by atoms with Crippen molar-refractivity contribution in [1.29, 1.82) is 0 Å². The lowest BCUT2D eigenvalue weighted by Crippen LogP contribution is -2.45. The number of ether oxygens (including phenoxy) is 1. The zero-order valence-corrected chi connectivity index (χ0v) is 43.0. The molecular weight excluding hydrogens is 791 g/mol. The van der Waals surface area contributed by atoms with Gasteiger partial charge < -0.3 is 20.3 Å². The van der Waals surface area contributed by atoms with Crippen LogP contribution in [0.2, 0.25) is 0 Å². The molecule has 2 atom stereocenters. The van der Waals surface area contributed by atoms with Crippen molar-refractivity contribution in [3.63, 3.8) is 0 Å². The summed E-state index contributed by atoms with van der Waals surface area (Å²) in [5, 5.41) is 23.1. The smallest absolute Gasteiger partial charge is 0.305 e. The van der Waals surface area contributed by atoms with Crippen LogP contribution in [-0.4, -0.2) is 47.4 Å². The van der Waals surface area contributed by atoms with Gasteiger partial charge in [-0.05, 0) is 51.4 Å². The average molecular weight is 903 g/mol. The minimum absolute atomic E-state index is 0.0332. The minimum Gasteiger partial charge on any atom is -0.466 e. The predicted octanol–water partition coefficient (Wildman–Crippen LogP) is 17.5. The summed E-state index contributed by atoms with van der Waals surface area (Å²) in [5.74, 6) is -0.159. The van der Waals surface area contributed by atoms with Gasteiger partial charge in [0.05, 0.1) is 25.4 Å². The Hall–Kier alpha value is -1.66. The lowest BCUT2D eigenvalue weighted by Gasteiger charge is -2.19. The third kappa shape index (κ3) is 49.8. The normalized spacial score (nSPS) is 12.8. The number of hydrogen-bond donors (Lipinski definition) is 3. The molecule has 0 bridgehead atoms. The third-order valence-electron chi connectivity index (χ3n) is 13.2. The van der Waals surface area contributed by atoms with Crippen molar-refractivity contribution < 1.29 is 24.5 Å². The first-order valence-electron chi connectivity index (χ1n) is 28.6. The van der Waals surface area contributed by atoms with Crippen LogP contribution in [0.4, 0.5) is 0 Å². The van der Waals surface area contributed by atoms with Gasteiger partial charge >= 0.3 is 5.97 Å². The Morgan fingerprint density at radius 3 is 1.14 bits per heavy atom. The second-order valence-electron chi connectivity index (χ2n) is 19.6. The second-order valence-corrected chi connectivity index (χ2v) is 19.6. The molecule has 0 aromatic heterocycles. The largest absolute Gasteiger partial charge is 0.466 e. The van der Waals surface area contributed by atoms with Crippen LogP contribution in [0.5, 0.6) is 0 Å². The van der Waals surface area contributed by atoms with Gasteiger partial charge in [0.15, 0.2) is 0 Å². The molecule has 6 nitrogen and oxygen atoms in total. The minimum atomic E-state index is -0.875. The molecular formula is C58H111NO5. The van der Waals surface area contributed by atoms with Gasteiger partial charge in [0.2, 0.25) is 5.91 Å². The lowest BCUT2D eigenvalue weighted by molar-refractivity contribution is -0.143. The number of hydrogen-bond acceptors (Lipinski definition) is 5. The SMILES string of the molecule is CCCCCCCCCCCCCCCCCCCC/C=C/C(O)C(CO)NC(=O)CCC/C=C\CCCCCCOC(=O)CCCCCCCCCCCCCCCCCCCC. The first-order valence-corrected chi connectivity index (χ1v) is 28.6. The molecule has 0 aliphatic rings. The van der Waals surface area contributed by atoms with Crippen LogP contribution in [0.3, 0.4) is 0 Å². The Morgan fingerprint density at radius 1 is 0.422 bits per heavy atom. The van der Waals surface area contributed by atoms with Gasteiger partial charge in [-0.3, -0.25) is 9.59 Å². The van der Waals surface area contributed by atoms with Crippen LogP contribution < -0.4 is 5.32 Å². The van der Waals surface area contributed by atoms with Crippen molar-refractivity contribution >= 4 is 11.9 Å². The van der Waals surface area contributed by atoms with E-state index in [-0.39, 0.29) is 18.5 Å². The summed E-state index contributed by atoms with van der Waals surface area (Å²) in [6.45, 7) is 4.84. The maximum atomic E-state index is 12.4. The highest BCUT2D eigenvalue weighted by molar-refractivity contribution is 5.76. The van der Waals surface area contributed by atoms with Crippen LogP contribution in [0.1, 0.15) is 309 Å². The number of aliphatic hydroxyl groups excluding tert-OH is 2. The number of carbonyl (C=O) groups is 2. The maximum Gasteiger partial charge on any atom is 0.305 e. The molecule has 0 saturated heterocycles. The number of unbranched alkanes of at least 4 members (excludes halogenated alkanes) is 40. The number of aliphatic hydroxyl groups is 2. The van der Waals surface area contributed by atoms with Crippen molar-refractivity contribution in [2.45, 2.75) is 321 Å². The molecule has 0 spiro atoms. The Kier molecular flexibility index (Phi) is 52.6. The van der Waals surface area contributed by atoms with E-state index in [1.165, 1.54) is 212 Å². The van der Waals surface area contributed by atoms with Crippen LogP contribution in [0.25, 0.3) is 0 Å². The van der Waals surface area contributed by atoms with E-state index in [0.717, 1.165) is 70.6 Å². The highest BCUT2D eigenvalue weighted by Gasteiger charge is 2.18. The topological polar surface area (TPSA) is 95.9 Å². The standard InChI is InChI=1S/C58H111NO5/c1-3-5-7-9-11-13-15-17-19-21-23-24-25-27-29-31-34-38-42-46-50-56(61)55(54-60)59-57(62)51-47-43-39-35-33-37-41-45-49-53-64-58(63)52-48-44-40-36-32-30-28-26-22-20-18-16-14-12-10-8-6-4-2/h35,39,46,50,55-56,60-61H,3-34,36-38,40-45,47-49,51-54H2,1-2H3,(H,59,62)/b39-35-,50-46+. The van der Waals surface area contributed by atoms with E-state index in [9.17, 15) is 19.8 Å². The highest BCUT2D eigenvalue weighted by Crippen LogP contribution is 2.17. The van der Waals surface area contributed by atoms with Gasteiger partial charge in [-0.2, -0.15) is 0 Å². The molecule has 1 amide bonds. The molecule has 0 aliphatic carbocycles. The molecule has 6 heteroatoms. The second kappa shape index (κ2) is 54.0. The number of carbonyl (C=O) groups excluding carboxylic acids is 2. The average Bonchev–Trinajstić information content (AvgIpc) is 3.29. The van der Waals surface area contributed by atoms with Gasteiger partial charge in [0.25, 0.3) is 0 Å². The van der Waals surface area contributed by atoms with E-state index >= 15 is 0 Å². The maximum absolute atomic E-state index is 12.4. The van der Waals surface area contributed by atoms with Gasteiger partial charge in [0.1, 0.15) is 0 Å². The number of esters is 1. The van der Waals surface area contributed by atoms with E-state index in [1.54, 1.807) is 6.08 Å². The summed E-state index contributed by atoms with van der Waals surface area (Å²) < 4.78 is 5.46. The van der Waals surface area contributed by atoms with E-state index in [0.29, 0.717) is 19.4 Å². The molecule has 0 aromatic rings.